The van der Waals surface area contributed by atoms with Gasteiger partial charge in [-0.25, -0.2) is 0 Å². The summed E-state index contributed by atoms with van der Waals surface area (Å²) in [5, 5.41) is 29.6. The minimum absolute atomic E-state index is 0.0333. The Morgan fingerprint density at radius 1 is 1.38 bits per heavy atom. The highest BCUT2D eigenvalue weighted by molar-refractivity contribution is 5.55. The largest absolute Gasteiger partial charge is 0.502 e. The van der Waals surface area contributed by atoms with E-state index in [0.29, 0.717) is 19.2 Å². The van der Waals surface area contributed by atoms with E-state index in [1.165, 1.54) is 0 Å². The van der Waals surface area contributed by atoms with Crippen molar-refractivity contribution < 1.29 is 28.3 Å². The second-order valence-electron chi connectivity index (χ2n) is 4.78. The second-order valence-corrected chi connectivity index (χ2v) is 4.78. The number of aliphatic hydroxyl groups is 1. The number of halogens is 3. The van der Waals surface area contributed by atoms with Crippen LogP contribution in [0.3, 0.4) is 0 Å². The Labute approximate surface area is 117 Å². The Morgan fingerprint density at radius 3 is 2.38 bits per heavy atom. The van der Waals surface area contributed by atoms with Crippen LogP contribution in [0.5, 0.6) is 5.75 Å². The number of likely N-dealkylation sites (tertiary alicyclic amines) is 1. The molecule has 1 saturated heterocycles. The average Bonchev–Trinajstić information content (AvgIpc) is 2.32. The molecule has 0 radical (unpaired) electrons. The molecule has 2 N–H and O–H groups in total. The molecule has 1 heterocycles. The molecule has 1 fully saturated rings. The predicted molar refractivity (Wildman–Crippen MR) is 65.8 cm³/mol. The third-order valence-electron chi connectivity index (χ3n) is 3.50. The Hall–Kier alpha value is -1.87. The van der Waals surface area contributed by atoms with Crippen molar-refractivity contribution in [1.82, 2.24) is 4.90 Å². The van der Waals surface area contributed by atoms with Crippen LogP contribution in [-0.2, 0) is 6.18 Å². The fourth-order valence-corrected chi connectivity index (χ4v) is 2.27. The normalized spacial score (nSPS) is 17.3. The number of nitro groups is 1. The highest BCUT2D eigenvalue weighted by Gasteiger charge is 2.39. The van der Waals surface area contributed by atoms with Gasteiger partial charge in [-0.05, 0) is 18.1 Å². The lowest BCUT2D eigenvalue weighted by Gasteiger charge is -2.37. The van der Waals surface area contributed by atoms with E-state index < -0.39 is 40.7 Å². The molecule has 6 nitrogen and oxygen atoms in total. The first-order valence-electron chi connectivity index (χ1n) is 6.19. The molecule has 1 aromatic carbocycles. The van der Waals surface area contributed by atoms with Crippen LogP contribution in [0.25, 0.3) is 0 Å². The van der Waals surface area contributed by atoms with Crippen molar-refractivity contribution in [3.8, 4) is 5.75 Å². The number of nitro benzene ring substituents is 1. The summed E-state index contributed by atoms with van der Waals surface area (Å²) in [6, 6.07) is 0.782. The lowest BCUT2D eigenvalue weighted by Crippen LogP contribution is -2.41. The number of hydrogen-bond acceptors (Lipinski definition) is 5. The van der Waals surface area contributed by atoms with Crippen LogP contribution >= 0.6 is 0 Å². The maximum absolute atomic E-state index is 12.9. The van der Waals surface area contributed by atoms with Crippen molar-refractivity contribution in [3.05, 3.63) is 33.4 Å². The van der Waals surface area contributed by atoms with Gasteiger partial charge in [0.1, 0.15) is 5.56 Å². The third kappa shape index (κ3) is 2.93. The van der Waals surface area contributed by atoms with Crippen molar-refractivity contribution in [2.24, 2.45) is 0 Å². The molecule has 1 atom stereocenters. The Kier molecular flexibility index (Phi) is 4.06. The Bertz CT molecular complexity index is 558. The molecule has 21 heavy (non-hydrogen) atoms. The lowest BCUT2D eigenvalue weighted by molar-refractivity contribution is -0.386. The number of hydrogen-bond donors (Lipinski definition) is 2. The van der Waals surface area contributed by atoms with E-state index in [-0.39, 0.29) is 5.56 Å². The molecule has 0 bridgehead atoms. The van der Waals surface area contributed by atoms with Gasteiger partial charge in [0.05, 0.1) is 17.6 Å². The van der Waals surface area contributed by atoms with Crippen molar-refractivity contribution in [3.63, 3.8) is 0 Å². The molecule has 0 amide bonds. The quantitative estimate of drug-likeness (QED) is 0.657. The van der Waals surface area contributed by atoms with Gasteiger partial charge in [0.15, 0.2) is 0 Å². The van der Waals surface area contributed by atoms with Crippen molar-refractivity contribution in [2.45, 2.75) is 18.6 Å². The zero-order valence-corrected chi connectivity index (χ0v) is 10.8. The highest BCUT2D eigenvalue weighted by Crippen LogP contribution is 2.43. The summed E-state index contributed by atoms with van der Waals surface area (Å²) >= 11 is 0. The van der Waals surface area contributed by atoms with E-state index in [4.69, 9.17) is 0 Å². The number of phenolic OH excluding ortho intramolecular Hbond substituents is 1. The van der Waals surface area contributed by atoms with Crippen molar-refractivity contribution >= 4 is 5.69 Å². The molecule has 0 saturated carbocycles. The number of aromatic hydroxyl groups is 1. The minimum Gasteiger partial charge on any atom is -0.502 e. The summed E-state index contributed by atoms with van der Waals surface area (Å²) in [6.07, 6.45) is -4.07. The number of benzene rings is 1. The number of phenols is 1. The van der Waals surface area contributed by atoms with E-state index in [0.717, 1.165) is 12.5 Å². The molecule has 116 valence electrons. The molecule has 0 aromatic heterocycles. The number of rotatable bonds is 4. The van der Waals surface area contributed by atoms with E-state index in [9.17, 15) is 33.5 Å². The van der Waals surface area contributed by atoms with Gasteiger partial charge in [-0.15, -0.1) is 0 Å². The number of aliphatic hydroxyl groups excluding tert-OH is 1. The lowest BCUT2D eigenvalue weighted by atomic mass is 9.98. The van der Waals surface area contributed by atoms with Crippen LogP contribution < -0.4 is 0 Å². The van der Waals surface area contributed by atoms with Crippen LogP contribution in [0.4, 0.5) is 18.9 Å². The van der Waals surface area contributed by atoms with Gasteiger partial charge in [-0.2, -0.15) is 13.2 Å². The summed E-state index contributed by atoms with van der Waals surface area (Å²) in [5.41, 5.74) is -2.52. The fraction of sp³-hybridized carbons (Fsp3) is 0.500. The summed E-state index contributed by atoms with van der Waals surface area (Å²) in [7, 11) is 0. The summed E-state index contributed by atoms with van der Waals surface area (Å²) in [4.78, 5) is 11.5. The van der Waals surface area contributed by atoms with Gasteiger partial charge >= 0.3 is 11.9 Å². The molecule has 9 heteroatoms. The van der Waals surface area contributed by atoms with Crippen LogP contribution in [0.2, 0.25) is 0 Å². The van der Waals surface area contributed by atoms with Crippen LogP contribution in [0, 0.1) is 10.1 Å². The molecule has 1 unspecified atom stereocenters. The standard InChI is InChI=1S/C12H13F3N2O4/c13-12(14,15)8-4-7(5-9(11(8)19)17(20)21)10(6-18)16-2-1-3-16/h4-5,10,18-19H,1-3,6H2. The number of nitrogens with zero attached hydrogens (tertiary/aromatic N) is 2. The van der Waals surface area contributed by atoms with E-state index >= 15 is 0 Å². The molecule has 1 aliphatic rings. The third-order valence-corrected chi connectivity index (χ3v) is 3.50. The Balaban J connectivity index is 2.55. The average molecular weight is 306 g/mol. The van der Waals surface area contributed by atoms with Crippen LogP contribution in [0.15, 0.2) is 12.1 Å². The van der Waals surface area contributed by atoms with Gasteiger partial charge in [0.25, 0.3) is 0 Å². The first kappa shape index (κ1) is 15.5. The first-order valence-corrected chi connectivity index (χ1v) is 6.19. The molecule has 1 aliphatic heterocycles. The molecule has 0 spiro atoms. The van der Waals surface area contributed by atoms with E-state index in [1.54, 1.807) is 4.90 Å². The van der Waals surface area contributed by atoms with Crippen LogP contribution in [0.1, 0.15) is 23.6 Å². The summed E-state index contributed by atoms with van der Waals surface area (Å²) in [6.45, 7) is 0.738. The summed E-state index contributed by atoms with van der Waals surface area (Å²) in [5.74, 6) is -1.41. The summed E-state index contributed by atoms with van der Waals surface area (Å²) < 4.78 is 38.6. The maximum Gasteiger partial charge on any atom is 0.420 e. The second kappa shape index (κ2) is 5.49. The van der Waals surface area contributed by atoms with E-state index in [1.807, 2.05) is 0 Å². The topological polar surface area (TPSA) is 86.8 Å². The van der Waals surface area contributed by atoms with Gasteiger partial charge in [0.2, 0.25) is 5.75 Å². The zero-order chi connectivity index (χ0) is 15.8. The molecule has 0 aliphatic carbocycles. The first-order chi connectivity index (χ1) is 9.75. The van der Waals surface area contributed by atoms with Crippen molar-refractivity contribution in [2.75, 3.05) is 19.7 Å². The molecule has 2 rings (SSSR count). The van der Waals surface area contributed by atoms with E-state index in [2.05, 4.69) is 0 Å². The van der Waals surface area contributed by atoms with Crippen LogP contribution in [-0.4, -0.2) is 39.7 Å². The van der Waals surface area contributed by atoms with Gasteiger partial charge in [0, 0.05) is 19.2 Å². The molecular formula is C12H13F3N2O4. The Morgan fingerprint density at radius 2 is 2.00 bits per heavy atom. The van der Waals surface area contributed by atoms with Crippen molar-refractivity contribution in [1.29, 1.82) is 0 Å². The zero-order valence-electron chi connectivity index (χ0n) is 10.8. The van der Waals surface area contributed by atoms with Gasteiger partial charge < -0.3 is 10.2 Å². The predicted octanol–water partition coefficient (Wildman–Crippen LogP) is 2.06. The molecular weight excluding hydrogens is 293 g/mol. The maximum atomic E-state index is 12.9. The molecule has 1 aromatic rings. The highest BCUT2D eigenvalue weighted by atomic mass is 19.4. The van der Waals surface area contributed by atoms with Gasteiger partial charge in [-0.3, -0.25) is 15.0 Å². The SMILES string of the molecule is O=[N+]([O-])c1cc(C(CO)N2CCC2)cc(C(F)(F)F)c1O. The fourth-order valence-electron chi connectivity index (χ4n) is 2.27. The monoisotopic (exact) mass is 306 g/mol. The minimum atomic E-state index is -4.92. The smallest absolute Gasteiger partial charge is 0.420 e. The van der Waals surface area contributed by atoms with Gasteiger partial charge in [-0.1, -0.05) is 0 Å². The number of alkyl halides is 3.